The molecule has 90 valence electrons. The summed E-state index contributed by atoms with van der Waals surface area (Å²) in [7, 11) is 0. The highest BCUT2D eigenvalue weighted by Crippen LogP contribution is 2.38. The molecule has 1 saturated carbocycles. The first kappa shape index (κ1) is 13.0. The van der Waals surface area contributed by atoms with E-state index in [-0.39, 0.29) is 11.5 Å². The Morgan fingerprint density at radius 2 is 2.00 bits per heavy atom. The molecule has 2 heteroatoms. The SMILES string of the molecule is CCN(C(C)C)C1CCCC(C)(C)C1O. The van der Waals surface area contributed by atoms with Gasteiger partial charge in [-0.2, -0.15) is 0 Å². The molecule has 0 aromatic heterocycles. The zero-order valence-electron chi connectivity index (χ0n) is 11.0. The van der Waals surface area contributed by atoms with Gasteiger partial charge in [-0.25, -0.2) is 0 Å². The normalized spacial score (nSPS) is 31.2. The lowest BCUT2D eigenvalue weighted by atomic mass is 9.72. The van der Waals surface area contributed by atoms with Gasteiger partial charge in [-0.05, 0) is 38.6 Å². The molecule has 0 amide bonds. The number of aliphatic hydroxyl groups is 1. The van der Waals surface area contributed by atoms with Crippen LogP contribution in [0.15, 0.2) is 0 Å². The average Bonchev–Trinajstić information content (AvgIpc) is 2.13. The fourth-order valence-corrected chi connectivity index (χ4v) is 2.92. The summed E-state index contributed by atoms with van der Waals surface area (Å²) in [6.45, 7) is 12.1. The summed E-state index contributed by atoms with van der Waals surface area (Å²) in [6.07, 6.45) is 3.38. The molecule has 1 aliphatic carbocycles. The van der Waals surface area contributed by atoms with Gasteiger partial charge in [-0.15, -0.1) is 0 Å². The lowest BCUT2D eigenvalue weighted by Crippen LogP contribution is -2.54. The standard InChI is InChI=1S/C13H27NO/c1-6-14(10(2)3)11-8-7-9-13(4,5)12(11)15/h10-12,15H,6-9H2,1-5H3. The van der Waals surface area contributed by atoms with Crippen LogP contribution >= 0.6 is 0 Å². The molecule has 1 rings (SSSR count). The van der Waals surface area contributed by atoms with Crippen LogP contribution < -0.4 is 0 Å². The lowest BCUT2D eigenvalue weighted by Gasteiger charge is -2.46. The van der Waals surface area contributed by atoms with E-state index in [0.29, 0.717) is 12.1 Å². The molecule has 1 N–H and O–H groups in total. The van der Waals surface area contributed by atoms with Crippen molar-refractivity contribution in [3.8, 4) is 0 Å². The summed E-state index contributed by atoms with van der Waals surface area (Å²) in [6, 6.07) is 0.891. The molecule has 0 aromatic carbocycles. The lowest BCUT2D eigenvalue weighted by molar-refractivity contribution is -0.0641. The second kappa shape index (κ2) is 4.84. The Bertz CT molecular complexity index is 199. The summed E-state index contributed by atoms with van der Waals surface area (Å²) in [4.78, 5) is 2.44. The monoisotopic (exact) mass is 213 g/mol. The summed E-state index contributed by atoms with van der Waals surface area (Å²) in [5, 5.41) is 10.4. The van der Waals surface area contributed by atoms with E-state index in [1.54, 1.807) is 0 Å². The van der Waals surface area contributed by atoms with Crippen molar-refractivity contribution in [2.45, 2.75) is 72.1 Å². The third kappa shape index (κ3) is 2.73. The number of aliphatic hydroxyl groups excluding tert-OH is 1. The minimum atomic E-state index is -0.173. The first-order valence-corrected chi connectivity index (χ1v) is 6.34. The van der Waals surface area contributed by atoms with Crippen molar-refractivity contribution in [1.29, 1.82) is 0 Å². The van der Waals surface area contributed by atoms with Crippen molar-refractivity contribution in [2.24, 2.45) is 5.41 Å². The van der Waals surface area contributed by atoms with Gasteiger partial charge in [0.15, 0.2) is 0 Å². The van der Waals surface area contributed by atoms with Crippen LogP contribution in [0.2, 0.25) is 0 Å². The number of rotatable bonds is 3. The van der Waals surface area contributed by atoms with Crippen LogP contribution in [-0.2, 0) is 0 Å². The van der Waals surface area contributed by atoms with Crippen LogP contribution in [0.3, 0.4) is 0 Å². The molecular formula is C13H27NO. The molecular weight excluding hydrogens is 186 g/mol. The second-order valence-electron chi connectivity index (χ2n) is 5.82. The predicted molar refractivity (Wildman–Crippen MR) is 64.9 cm³/mol. The van der Waals surface area contributed by atoms with Crippen molar-refractivity contribution in [2.75, 3.05) is 6.54 Å². The second-order valence-corrected chi connectivity index (χ2v) is 5.82. The highest BCUT2D eigenvalue weighted by molar-refractivity contribution is 4.93. The minimum Gasteiger partial charge on any atom is -0.391 e. The molecule has 1 fully saturated rings. The Hall–Kier alpha value is -0.0800. The Kier molecular flexibility index (Phi) is 4.19. The van der Waals surface area contributed by atoms with Crippen LogP contribution in [0.5, 0.6) is 0 Å². The molecule has 15 heavy (non-hydrogen) atoms. The molecule has 2 nitrogen and oxygen atoms in total. The maximum absolute atomic E-state index is 10.4. The topological polar surface area (TPSA) is 23.5 Å². The van der Waals surface area contributed by atoms with Gasteiger partial charge in [0.1, 0.15) is 0 Å². The van der Waals surface area contributed by atoms with Crippen LogP contribution in [-0.4, -0.2) is 34.7 Å². The van der Waals surface area contributed by atoms with Gasteiger partial charge >= 0.3 is 0 Å². The molecule has 0 heterocycles. The highest BCUT2D eigenvalue weighted by Gasteiger charge is 2.40. The van der Waals surface area contributed by atoms with E-state index in [4.69, 9.17) is 0 Å². The van der Waals surface area contributed by atoms with Crippen molar-refractivity contribution in [3.63, 3.8) is 0 Å². The van der Waals surface area contributed by atoms with Gasteiger partial charge in [-0.3, -0.25) is 4.90 Å². The van der Waals surface area contributed by atoms with E-state index in [2.05, 4.69) is 39.5 Å². The fourth-order valence-electron chi connectivity index (χ4n) is 2.92. The Morgan fingerprint density at radius 3 is 2.47 bits per heavy atom. The first-order chi connectivity index (χ1) is 6.90. The Morgan fingerprint density at radius 1 is 1.40 bits per heavy atom. The van der Waals surface area contributed by atoms with Gasteiger partial charge in [-0.1, -0.05) is 27.2 Å². The molecule has 1 aliphatic rings. The quantitative estimate of drug-likeness (QED) is 0.779. The maximum atomic E-state index is 10.4. The molecule has 0 radical (unpaired) electrons. The summed E-state index contributed by atoms with van der Waals surface area (Å²) < 4.78 is 0. The van der Waals surface area contributed by atoms with E-state index in [1.165, 1.54) is 6.42 Å². The van der Waals surface area contributed by atoms with Gasteiger partial charge in [0, 0.05) is 12.1 Å². The summed E-state index contributed by atoms with van der Waals surface area (Å²) in [5.74, 6) is 0. The van der Waals surface area contributed by atoms with E-state index in [0.717, 1.165) is 19.4 Å². The fraction of sp³-hybridized carbons (Fsp3) is 1.00. The molecule has 2 unspecified atom stereocenters. The molecule has 2 atom stereocenters. The van der Waals surface area contributed by atoms with E-state index in [9.17, 15) is 5.11 Å². The Labute approximate surface area is 94.7 Å². The van der Waals surface area contributed by atoms with Crippen LogP contribution in [0.25, 0.3) is 0 Å². The number of nitrogens with zero attached hydrogens (tertiary/aromatic N) is 1. The first-order valence-electron chi connectivity index (χ1n) is 6.34. The van der Waals surface area contributed by atoms with E-state index >= 15 is 0 Å². The average molecular weight is 213 g/mol. The summed E-state index contributed by atoms with van der Waals surface area (Å²) >= 11 is 0. The predicted octanol–water partition coefficient (Wildman–Crippen LogP) is 2.66. The van der Waals surface area contributed by atoms with Crippen LogP contribution in [0.4, 0.5) is 0 Å². The number of hydrogen-bond acceptors (Lipinski definition) is 2. The van der Waals surface area contributed by atoms with Gasteiger partial charge in [0.25, 0.3) is 0 Å². The van der Waals surface area contributed by atoms with E-state index in [1.807, 2.05) is 0 Å². The van der Waals surface area contributed by atoms with Crippen molar-refractivity contribution < 1.29 is 5.11 Å². The largest absolute Gasteiger partial charge is 0.391 e. The molecule has 0 aromatic rings. The summed E-state index contributed by atoms with van der Waals surface area (Å²) in [5.41, 5.74) is 0.0885. The number of hydrogen-bond donors (Lipinski definition) is 1. The number of likely N-dealkylation sites (N-methyl/N-ethyl adjacent to an activating group) is 1. The molecule has 0 bridgehead atoms. The Balaban J connectivity index is 2.75. The zero-order chi connectivity index (χ0) is 11.6. The zero-order valence-corrected chi connectivity index (χ0v) is 11.0. The van der Waals surface area contributed by atoms with E-state index < -0.39 is 0 Å². The van der Waals surface area contributed by atoms with Crippen molar-refractivity contribution in [3.05, 3.63) is 0 Å². The van der Waals surface area contributed by atoms with Crippen molar-refractivity contribution >= 4 is 0 Å². The van der Waals surface area contributed by atoms with Crippen LogP contribution in [0, 0.1) is 5.41 Å². The molecule has 0 aliphatic heterocycles. The van der Waals surface area contributed by atoms with Gasteiger partial charge in [0.05, 0.1) is 6.10 Å². The minimum absolute atomic E-state index is 0.0885. The highest BCUT2D eigenvalue weighted by atomic mass is 16.3. The van der Waals surface area contributed by atoms with Gasteiger partial charge in [0.2, 0.25) is 0 Å². The smallest absolute Gasteiger partial charge is 0.0746 e. The maximum Gasteiger partial charge on any atom is 0.0746 e. The third-order valence-electron chi connectivity index (χ3n) is 3.94. The third-order valence-corrected chi connectivity index (χ3v) is 3.94. The van der Waals surface area contributed by atoms with Crippen LogP contribution in [0.1, 0.15) is 53.9 Å². The molecule has 0 spiro atoms. The molecule has 0 saturated heterocycles. The van der Waals surface area contributed by atoms with Crippen molar-refractivity contribution in [1.82, 2.24) is 4.90 Å². The van der Waals surface area contributed by atoms with Gasteiger partial charge < -0.3 is 5.11 Å².